The Morgan fingerprint density at radius 3 is 2.68 bits per heavy atom. The fraction of sp³-hybridized carbons (Fsp3) is 0.714. The highest BCUT2D eigenvalue weighted by molar-refractivity contribution is 5.58. The Balaban J connectivity index is 2.27. The number of anilines is 2. The molecule has 0 radical (unpaired) electrons. The summed E-state index contributed by atoms with van der Waals surface area (Å²) in [7, 11) is 1.87. The van der Waals surface area contributed by atoms with Gasteiger partial charge in [-0.2, -0.15) is 0 Å². The quantitative estimate of drug-likeness (QED) is 0.851. The summed E-state index contributed by atoms with van der Waals surface area (Å²) in [5, 5.41) is 12.4. The van der Waals surface area contributed by atoms with Gasteiger partial charge in [-0.1, -0.05) is 19.3 Å². The van der Waals surface area contributed by atoms with Crippen LogP contribution in [0, 0.1) is 6.92 Å². The topological polar surface area (TPSA) is 61.3 Å². The monoisotopic (exact) mass is 264 g/mol. The maximum atomic E-state index is 9.35. The van der Waals surface area contributed by atoms with Gasteiger partial charge in [0.15, 0.2) is 0 Å². The van der Waals surface area contributed by atoms with Crippen LogP contribution in [0.4, 0.5) is 11.6 Å². The minimum Gasteiger partial charge on any atom is -0.395 e. The van der Waals surface area contributed by atoms with Gasteiger partial charge in [0.1, 0.15) is 18.0 Å². The number of aromatic nitrogens is 2. The molecule has 5 nitrogen and oxygen atoms in total. The molecule has 0 bridgehead atoms. The first-order chi connectivity index (χ1) is 9.27. The van der Waals surface area contributed by atoms with Gasteiger partial charge >= 0.3 is 0 Å². The van der Waals surface area contributed by atoms with Crippen molar-refractivity contribution in [2.45, 2.75) is 45.1 Å². The summed E-state index contributed by atoms with van der Waals surface area (Å²) in [5.41, 5.74) is 1.06. The zero-order valence-electron chi connectivity index (χ0n) is 11.9. The van der Waals surface area contributed by atoms with E-state index in [1.165, 1.54) is 32.1 Å². The largest absolute Gasteiger partial charge is 0.395 e. The Kier molecular flexibility index (Phi) is 4.96. The van der Waals surface area contributed by atoms with Crippen LogP contribution in [0.2, 0.25) is 0 Å². The van der Waals surface area contributed by atoms with Crippen molar-refractivity contribution in [2.75, 3.05) is 30.4 Å². The fourth-order valence-electron chi connectivity index (χ4n) is 2.94. The van der Waals surface area contributed by atoms with Crippen LogP contribution >= 0.6 is 0 Å². The Bertz CT molecular complexity index is 404. The van der Waals surface area contributed by atoms with Crippen LogP contribution in [0.1, 0.15) is 37.7 Å². The lowest BCUT2D eigenvalue weighted by molar-refractivity contribution is 0.289. The predicted octanol–water partition coefficient (Wildman–Crippen LogP) is 1.96. The van der Waals surface area contributed by atoms with E-state index in [9.17, 15) is 5.11 Å². The van der Waals surface area contributed by atoms with Gasteiger partial charge in [0, 0.05) is 25.2 Å². The molecule has 1 fully saturated rings. The Hall–Kier alpha value is -1.36. The summed E-state index contributed by atoms with van der Waals surface area (Å²) in [6, 6.07) is 0.499. The molecule has 1 saturated carbocycles. The van der Waals surface area contributed by atoms with Gasteiger partial charge < -0.3 is 15.3 Å². The number of rotatable bonds is 5. The summed E-state index contributed by atoms with van der Waals surface area (Å²) in [6.07, 6.45) is 7.86. The van der Waals surface area contributed by atoms with Crippen molar-refractivity contribution in [1.29, 1.82) is 0 Å². The first kappa shape index (κ1) is 14.1. The van der Waals surface area contributed by atoms with Gasteiger partial charge in [-0.3, -0.25) is 0 Å². The molecule has 2 rings (SSSR count). The van der Waals surface area contributed by atoms with Crippen LogP contribution in [0.15, 0.2) is 6.33 Å². The molecule has 1 aromatic rings. The van der Waals surface area contributed by atoms with Crippen molar-refractivity contribution in [3.63, 3.8) is 0 Å². The molecule has 106 valence electrons. The molecular weight excluding hydrogens is 240 g/mol. The molecule has 5 heteroatoms. The second-order valence-electron chi connectivity index (χ2n) is 5.13. The van der Waals surface area contributed by atoms with E-state index in [-0.39, 0.29) is 6.61 Å². The molecule has 0 unspecified atom stereocenters. The van der Waals surface area contributed by atoms with Gasteiger partial charge in [-0.05, 0) is 19.8 Å². The van der Waals surface area contributed by atoms with E-state index in [0.29, 0.717) is 12.6 Å². The molecule has 2 N–H and O–H groups in total. The normalized spacial score (nSPS) is 16.4. The molecule has 0 saturated heterocycles. The molecule has 0 aliphatic heterocycles. The summed E-state index contributed by atoms with van der Waals surface area (Å²) in [5.74, 6) is 1.82. The molecule has 19 heavy (non-hydrogen) atoms. The lowest BCUT2D eigenvalue weighted by atomic mass is 9.94. The van der Waals surface area contributed by atoms with Crippen LogP contribution in [-0.4, -0.2) is 41.3 Å². The van der Waals surface area contributed by atoms with Gasteiger partial charge in [-0.25, -0.2) is 9.97 Å². The van der Waals surface area contributed by atoms with Crippen molar-refractivity contribution in [1.82, 2.24) is 9.97 Å². The van der Waals surface area contributed by atoms with E-state index in [0.717, 1.165) is 17.2 Å². The molecule has 0 amide bonds. The van der Waals surface area contributed by atoms with Gasteiger partial charge in [0.05, 0.1) is 6.61 Å². The highest BCUT2D eigenvalue weighted by atomic mass is 16.3. The Morgan fingerprint density at radius 2 is 2.05 bits per heavy atom. The molecule has 1 heterocycles. The van der Waals surface area contributed by atoms with Gasteiger partial charge in [0.2, 0.25) is 0 Å². The standard InChI is InChI=1S/C14H24N4O/c1-11-13(15-2)16-10-17-14(11)18(8-9-19)12-6-4-3-5-7-12/h10,12,19H,3-9H2,1-2H3,(H,15,16,17). The minimum atomic E-state index is 0.162. The lowest BCUT2D eigenvalue weighted by Gasteiger charge is -2.35. The predicted molar refractivity (Wildman–Crippen MR) is 77.6 cm³/mol. The van der Waals surface area contributed by atoms with Gasteiger partial charge in [0.25, 0.3) is 0 Å². The first-order valence-corrected chi connectivity index (χ1v) is 7.14. The van der Waals surface area contributed by atoms with Crippen LogP contribution in [0.5, 0.6) is 0 Å². The van der Waals surface area contributed by atoms with E-state index in [1.807, 2.05) is 14.0 Å². The SMILES string of the molecule is CNc1ncnc(N(CCO)C2CCCCC2)c1C. The van der Waals surface area contributed by atoms with Crippen LogP contribution in [-0.2, 0) is 0 Å². The van der Waals surface area contributed by atoms with Crippen LogP contribution < -0.4 is 10.2 Å². The molecule has 1 aliphatic rings. The average Bonchev–Trinajstić information content (AvgIpc) is 2.46. The molecule has 0 atom stereocenters. The Morgan fingerprint density at radius 1 is 1.32 bits per heavy atom. The summed E-state index contributed by atoms with van der Waals surface area (Å²) >= 11 is 0. The van der Waals surface area contributed by atoms with Crippen LogP contribution in [0.25, 0.3) is 0 Å². The van der Waals surface area contributed by atoms with Crippen molar-refractivity contribution < 1.29 is 5.11 Å². The van der Waals surface area contributed by atoms with E-state index >= 15 is 0 Å². The second kappa shape index (κ2) is 6.70. The van der Waals surface area contributed by atoms with E-state index in [4.69, 9.17) is 0 Å². The zero-order valence-corrected chi connectivity index (χ0v) is 11.9. The highest BCUT2D eigenvalue weighted by Crippen LogP contribution is 2.29. The number of aliphatic hydroxyl groups excluding tert-OH is 1. The van der Waals surface area contributed by atoms with Gasteiger partial charge in [-0.15, -0.1) is 0 Å². The molecule has 1 aliphatic carbocycles. The second-order valence-corrected chi connectivity index (χ2v) is 5.13. The highest BCUT2D eigenvalue weighted by Gasteiger charge is 2.24. The maximum absolute atomic E-state index is 9.35. The summed E-state index contributed by atoms with van der Waals surface area (Å²) in [6.45, 7) is 2.84. The molecule has 0 aromatic carbocycles. The van der Waals surface area contributed by atoms with Crippen molar-refractivity contribution in [3.05, 3.63) is 11.9 Å². The molecular formula is C14H24N4O. The third-order valence-corrected chi connectivity index (χ3v) is 3.92. The van der Waals surface area contributed by atoms with Crippen LogP contribution in [0.3, 0.4) is 0 Å². The number of hydrogen-bond donors (Lipinski definition) is 2. The smallest absolute Gasteiger partial charge is 0.137 e. The number of aliphatic hydroxyl groups is 1. The first-order valence-electron chi connectivity index (χ1n) is 7.14. The third-order valence-electron chi connectivity index (χ3n) is 3.92. The number of nitrogens with one attached hydrogen (secondary N) is 1. The average molecular weight is 264 g/mol. The number of nitrogens with zero attached hydrogens (tertiary/aromatic N) is 3. The van der Waals surface area contributed by atoms with Crippen molar-refractivity contribution in [2.24, 2.45) is 0 Å². The van der Waals surface area contributed by atoms with Crippen molar-refractivity contribution >= 4 is 11.6 Å². The third kappa shape index (κ3) is 3.15. The van der Waals surface area contributed by atoms with E-state index in [1.54, 1.807) is 6.33 Å². The lowest BCUT2D eigenvalue weighted by Crippen LogP contribution is -2.40. The van der Waals surface area contributed by atoms with E-state index in [2.05, 4.69) is 20.2 Å². The maximum Gasteiger partial charge on any atom is 0.137 e. The minimum absolute atomic E-state index is 0.162. The summed E-state index contributed by atoms with van der Waals surface area (Å²) < 4.78 is 0. The van der Waals surface area contributed by atoms with Crippen molar-refractivity contribution in [3.8, 4) is 0 Å². The summed E-state index contributed by atoms with van der Waals surface area (Å²) in [4.78, 5) is 10.9. The number of hydrogen-bond acceptors (Lipinski definition) is 5. The zero-order chi connectivity index (χ0) is 13.7. The molecule has 1 aromatic heterocycles. The Labute approximate surface area is 115 Å². The fourth-order valence-corrected chi connectivity index (χ4v) is 2.94. The van der Waals surface area contributed by atoms with E-state index < -0.39 is 0 Å². The molecule has 0 spiro atoms.